The summed E-state index contributed by atoms with van der Waals surface area (Å²) >= 11 is 0. The summed E-state index contributed by atoms with van der Waals surface area (Å²) in [7, 11) is 0. The fourth-order valence-electron chi connectivity index (χ4n) is 2.27. The first-order valence-corrected chi connectivity index (χ1v) is 6.49. The summed E-state index contributed by atoms with van der Waals surface area (Å²) < 4.78 is 1.73. The molecule has 3 rings (SSSR count). The molecule has 0 saturated carbocycles. The average Bonchev–Trinajstić information content (AvgIpc) is 2.75. The average molecular weight is 281 g/mol. The number of imidazole rings is 1. The lowest BCUT2D eigenvalue weighted by Crippen LogP contribution is -2.16. The van der Waals surface area contributed by atoms with Gasteiger partial charge in [0.2, 0.25) is 5.78 Å². The molecule has 0 aliphatic rings. The Labute approximate surface area is 121 Å². The van der Waals surface area contributed by atoms with Crippen molar-refractivity contribution >= 4 is 17.5 Å². The number of carbonyl (C=O) groups is 1. The Balaban J connectivity index is 2.24. The number of amides is 1. The molecule has 106 valence electrons. The van der Waals surface area contributed by atoms with Crippen LogP contribution in [0.15, 0.2) is 30.5 Å². The van der Waals surface area contributed by atoms with E-state index in [1.165, 1.54) is 5.56 Å². The highest BCUT2D eigenvalue weighted by Crippen LogP contribution is 2.24. The fraction of sp³-hybridized carbons (Fsp3) is 0.133. The summed E-state index contributed by atoms with van der Waals surface area (Å²) in [4.78, 5) is 20.0. The van der Waals surface area contributed by atoms with E-state index in [2.05, 4.69) is 9.97 Å². The number of nitrogen functional groups attached to an aromatic ring is 1. The lowest BCUT2D eigenvalue weighted by Gasteiger charge is -2.03. The lowest BCUT2D eigenvalue weighted by atomic mass is 10.1. The molecule has 6 heteroatoms. The van der Waals surface area contributed by atoms with Gasteiger partial charge in [-0.15, -0.1) is 0 Å². The standard InChI is InChI=1S/C15H15N5O/c1-8-3-5-10(6-4-8)12-9(2)20-7-11(14(17)21)13(16)19-15(20)18-12/h3-7H,1-2H3,(H2,17,21)(H2,16,18,19). The Hall–Kier alpha value is -2.89. The molecule has 2 heterocycles. The first kappa shape index (κ1) is 13.1. The molecule has 0 bridgehead atoms. The molecule has 0 spiro atoms. The Morgan fingerprint density at radius 2 is 1.81 bits per heavy atom. The van der Waals surface area contributed by atoms with Gasteiger partial charge >= 0.3 is 0 Å². The van der Waals surface area contributed by atoms with Gasteiger partial charge in [0.1, 0.15) is 5.82 Å². The zero-order chi connectivity index (χ0) is 15.1. The number of hydrogen-bond acceptors (Lipinski definition) is 4. The molecule has 2 aromatic heterocycles. The van der Waals surface area contributed by atoms with Gasteiger partial charge in [-0.2, -0.15) is 4.98 Å². The van der Waals surface area contributed by atoms with Crippen LogP contribution in [0.2, 0.25) is 0 Å². The molecule has 0 radical (unpaired) electrons. The maximum absolute atomic E-state index is 11.4. The summed E-state index contributed by atoms with van der Waals surface area (Å²) in [5.74, 6) is -0.0621. The van der Waals surface area contributed by atoms with Crippen molar-refractivity contribution in [1.82, 2.24) is 14.4 Å². The van der Waals surface area contributed by atoms with Crippen molar-refractivity contribution in [3.8, 4) is 11.3 Å². The van der Waals surface area contributed by atoms with Crippen molar-refractivity contribution in [2.24, 2.45) is 5.73 Å². The van der Waals surface area contributed by atoms with Gasteiger partial charge < -0.3 is 11.5 Å². The molecular formula is C15H15N5O. The molecule has 1 amide bonds. The minimum atomic E-state index is -0.605. The van der Waals surface area contributed by atoms with Crippen molar-refractivity contribution in [3.63, 3.8) is 0 Å². The number of nitrogens with zero attached hydrogens (tertiary/aromatic N) is 3. The second-order valence-corrected chi connectivity index (χ2v) is 4.99. The Morgan fingerprint density at radius 1 is 1.14 bits per heavy atom. The van der Waals surface area contributed by atoms with Crippen molar-refractivity contribution < 1.29 is 4.79 Å². The van der Waals surface area contributed by atoms with E-state index in [-0.39, 0.29) is 11.4 Å². The van der Waals surface area contributed by atoms with Crippen molar-refractivity contribution in [2.75, 3.05) is 5.73 Å². The van der Waals surface area contributed by atoms with Gasteiger partial charge in [-0.1, -0.05) is 29.8 Å². The Morgan fingerprint density at radius 3 is 2.43 bits per heavy atom. The number of fused-ring (bicyclic) bond motifs is 1. The van der Waals surface area contributed by atoms with Crippen LogP contribution in [0, 0.1) is 13.8 Å². The molecule has 0 atom stereocenters. The number of benzene rings is 1. The third-order valence-electron chi connectivity index (χ3n) is 3.48. The van der Waals surface area contributed by atoms with Gasteiger partial charge in [0.15, 0.2) is 0 Å². The van der Waals surface area contributed by atoms with Gasteiger partial charge in [-0.3, -0.25) is 9.20 Å². The molecule has 1 aromatic carbocycles. The molecular weight excluding hydrogens is 266 g/mol. The predicted molar refractivity (Wildman–Crippen MR) is 80.8 cm³/mol. The van der Waals surface area contributed by atoms with Crippen LogP contribution in [0.1, 0.15) is 21.6 Å². The van der Waals surface area contributed by atoms with Gasteiger partial charge in [-0.25, -0.2) is 4.98 Å². The lowest BCUT2D eigenvalue weighted by molar-refractivity contribution is 0.100. The maximum Gasteiger partial charge on any atom is 0.253 e. The van der Waals surface area contributed by atoms with Crippen molar-refractivity contribution in [2.45, 2.75) is 13.8 Å². The van der Waals surface area contributed by atoms with Gasteiger partial charge in [0.25, 0.3) is 5.91 Å². The first-order valence-electron chi connectivity index (χ1n) is 6.49. The monoisotopic (exact) mass is 281 g/mol. The number of aromatic nitrogens is 3. The number of aryl methyl sites for hydroxylation is 2. The Bertz CT molecular complexity index is 849. The number of nitrogens with two attached hydrogens (primary N) is 2. The zero-order valence-electron chi connectivity index (χ0n) is 11.8. The van der Waals surface area contributed by atoms with Crippen LogP contribution in [0.3, 0.4) is 0 Å². The highest BCUT2D eigenvalue weighted by molar-refractivity contribution is 5.97. The maximum atomic E-state index is 11.4. The summed E-state index contributed by atoms with van der Waals surface area (Å²) in [5.41, 5.74) is 15.1. The van der Waals surface area contributed by atoms with Crippen molar-refractivity contribution in [3.05, 3.63) is 47.3 Å². The van der Waals surface area contributed by atoms with E-state index in [1.54, 1.807) is 10.6 Å². The van der Waals surface area contributed by atoms with E-state index < -0.39 is 5.91 Å². The zero-order valence-corrected chi connectivity index (χ0v) is 11.8. The third kappa shape index (κ3) is 2.10. The molecule has 0 saturated heterocycles. The third-order valence-corrected chi connectivity index (χ3v) is 3.48. The van der Waals surface area contributed by atoms with Crippen molar-refractivity contribution in [1.29, 1.82) is 0 Å². The molecule has 0 aliphatic carbocycles. The molecule has 6 nitrogen and oxygen atoms in total. The van der Waals surface area contributed by atoms with Gasteiger partial charge in [0.05, 0.1) is 11.3 Å². The highest BCUT2D eigenvalue weighted by atomic mass is 16.1. The fourth-order valence-corrected chi connectivity index (χ4v) is 2.27. The summed E-state index contributed by atoms with van der Waals surface area (Å²) in [5, 5.41) is 0. The quantitative estimate of drug-likeness (QED) is 0.746. The topological polar surface area (TPSA) is 99.3 Å². The Kier molecular flexibility index (Phi) is 2.86. The van der Waals surface area contributed by atoms with Crippen LogP contribution in [0.4, 0.5) is 5.82 Å². The second-order valence-electron chi connectivity index (χ2n) is 4.99. The van der Waals surface area contributed by atoms with Crippen LogP contribution in [0.5, 0.6) is 0 Å². The van der Waals surface area contributed by atoms with E-state index in [1.807, 2.05) is 38.1 Å². The first-order chi connectivity index (χ1) is 9.97. The van der Waals surface area contributed by atoms with Crippen LogP contribution < -0.4 is 11.5 Å². The number of rotatable bonds is 2. The largest absolute Gasteiger partial charge is 0.383 e. The number of hydrogen-bond donors (Lipinski definition) is 2. The predicted octanol–water partition coefficient (Wildman–Crippen LogP) is 1.69. The van der Waals surface area contributed by atoms with Crippen LogP contribution >= 0.6 is 0 Å². The van der Waals surface area contributed by atoms with Gasteiger partial charge in [-0.05, 0) is 13.8 Å². The van der Waals surface area contributed by atoms with E-state index in [4.69, 9.17) is 11.5 Å². The van der Waals surface area contributed by atoms with E-state index >= 15 is 0 Å². The number of primary amides is 1. The number of anilines is 1. The second kappa shape index (κ2) is 4.59. The molecule has 0 fully saturated rings. The normalized spacial score (nSPS) is 11.0. The molecule has 0 aliphatic heterocycles. The summed E-state index contributed by atoms with van der Waals surface area (Å²) in [6.45, 7) is 3.94. The molecule has 4 N–H and O–H groups in total. The van der Waals surface area contributed by atoms with Crippen LogP contribution in [-0.4, -0.2) is 20.3 Å². The summed E-state index contributed by atoms with van der Waals surface area (Å²) in [6.07, 6.45) is 1.58. The van der Waals surface area contributed by atoms with Crippen LogP contribution in [0.25, 0.3) is 17.0 Å². The minimum Gasteiger partial charge on any atom is -0.383 e. The molecule has 21 heavy (non-hydrogen) atoms. The molecule has 3 aromatic rings. The summed E-state index contributed by atoms with van der Waals surface area (Å²) in [6, 6.07) is 8.05. The van der Waals surface area contributed by atoms with E-state index in [0.717, 1.165) is 17.0 Å². The van der Waals surface area contributed by atoms with E-state index in [9.17, 15) is 4.79 Å². The highest BCUT2D eigenvalue weighted by Gasteiger charge is 2.15. The van der Waals surface area contributed by atoms with Gasteiger partial charge in [0, 0.05) is 17.5 Å². The number of carbonyl (C=O) groups excluding carboxylic acids is 1. The molecule has 0 unspecified atom stereocenters. The smallest absolute Gasteiger partial charge is 0.253 e. The SMILES string of the molecule is Cc1ccc(-c2nc3nc(N)c(C(N)=O)cn3c2C)cc1. The minimum absolute atomic E-state index is 0.0930. The van der Waals surface area contributed by atoms with Crippen LogP contribution in [-0.2, 0) is 0 Å². The van der Waals surface area contributed by atoms with E-state index in [0.29, 0.717) is 5.78 Å².